The predicted molar refractivity (Wildman–Crippen MR) is 58.2 cm³/mol. The van der Waals surface area contributed by atoms with Gasteiger partial charge in [0.1, 0.15) is 0 Å². The van der Waals surface area contributed by atoms with E-state index in [-0.39, 0.29) is 5.91 Å². The zero-order valence-electron chi connectivity index (χ0n) is 9.14. The van der Waals surface area contributed by atoms with Crippen LogP contribution in [0.3, 0.4) is 0 Å². The van der Waals surface area contributed by atoms with Crippen LogP contribution >= 0.6 is 0 Å². The molecule has 13 heavy (non-hydrogen) atoms. The van der Waals surface area contributed by atoms with Crippen molar-refractivity contribution in [2.24, 2.45) is 5.92 Å². The molecule has 1 aliphatic heterocycles. The number of nitrogens with one attached hydrogen (secondary N) is 1. The fourth-order valence-corrected chi connectivity index (χ4v) is 3.28. The molecule has 1 amide bonds. The van der Waals surface area contributed by atoms with Gasteiger partial charge in [-0.15, -0.1) is 0 Å². The van der Waals surface area contributed by atoms with Crippen LogP contribution in [0.5, 0.6) is 0 Å². The van der Waals surface area contributed by atoms with Crippen molar-refractivity contribution in [3.05, 3.63) is 11.6 Å². The van der Waals surface area contributed by atoms with E-state index < -0.39 is 8.07 Å². The Morgan fingerprint density at radius 3 is 2.23 bits per heavy atom. The highest BCUT2D eigenvalue weighted by Crippen LogP contribution is 2.24. The summed E-state index contributed by atoms with van der Waals surface area (Å²) in [6.07, 6.45) is 2.10. The number of amides is 1. The van der Waals surface area contributed by atoms with Crippen LogP contribution in [0.1, 0.15) is 13.8 Å². The van der Waals surface area contributed by atoms with Gasteiger partial charge in [0, 0.05) is 5.57 Å². The molecule has 0 aromatic rings. The lowest BCUT2D eigenvalue weighted by molar-refractivity contribution is -0.121. The van der Waals surface area contributed by atoms with Gasteiger partial charge in [-0.2, -0.15) is 0 Å². The Morgan fingerprint density at radius 2 is 1.92 bits per heavy atom. The Hall–Kier alpha value is -0.573. The summed E-state index contributed by atoms with van der Waals surface area (Å²) in [7, 11) is -1.25. The van der Waals surface area contributed by atoms with E-state index in [2.05, 4.69) is 44.9 Å². The normalized spacial score (nSPS) is 26.2. The molecule has 3 heteroatoms. The summed E-state index contributed by atoms with van der Waals surface area (Å²) in [6, 6.07) is 0. The fourth-order valence-electron chi connectivity index (χ4n) is 1.56. The van der Waals surface area contributed by atoms with Crippen LogP contribution in [0.25, 0.3) is 0 Å². The highest BCUT2D eigenvalue weighted by Gasteiger charge is 2.41. The first-order valence-electron chi connectivity index (χ1n) is 4.85. The molecule has 0 radical (unpaired) electrons. The Labute approximate surface area is 81.4 Å². The molecule has 1 fully saturated rings. The standard InChI is InChI=1S/C10H19NOSi/c1-7(2)6-8-9(12)11-10(8)13(3,4)5/h6-7,10H,1-5H3,(H,11,12)/b8-6+. The van der Waals surface area contributed by atoms with Gasteiger partial charge >= 0.3 is 0 Å². The van der Waals surface area contributed by atoms with Crippen LogP contribution in [0.2, 0.25) is 19.6 Å². The molecular formula is C10H19NOSi. The molecule has 1 heterocycles. The van der Waals surface area contributed by atoms with Gasteiger partial charge in [-0.05, 0) is 5.92 Å². The largest absolute Gasteiger partial charge is 0.348 e. The van der Waals surface area contributed by atoms with Gasteiger partial charge in [-0.25, -0.2) is 0 Å². The van der Waals surface area contributed by atoms with E-state index in [0.29, 0.717) is 11.6 Å². The maximum Gasteiger partial charge on any atom is 0.248 e. The van der Waals surface area contributed by atoms with E-state index in [1.165, 1.54) is 0 Å². The van der Waals surface area contributed by atoms with Gasteiger partial charge in [0.25, 0.3) is 0 Å². The minimum Gasteiger partial charge on any atom is -0.348 e. The maximum absolute atomic E-state index is 11.3. The highest BCUT2D eigenvalue weighted by molar-refractivity contribution is 6.79. The third-order valence-corrected chi connectivity index (χ3v) is 4.41. The van der Waals surface area contributed by atoms with Gasteiger partial charge in [-0.3, -0.25) is 4.79 Å². The van der Waals surface area contributed by atoms with E-state index in [4.69, 9.17) is 0 Å². The van der Waals surface area contributed by atoms with Crippen LogP contribution in [-0.4, -0.2) is 19.6 Å². The number of carbonyl (C=O) groups is 1. The zero-order chi connectivity index (χ0) is 10.2. The Balaban J connectivity index is 2.79. The van der Waals surface area contributed by atoms with Gasteiger partial charge in [0.15, 0.2) is 0 Å². The summed E-state index contributed by atoms with van der Waals surface area (Å²) in [4.78, 5) is 11.3. The molecule has 1 aliphatic rings. The summed E-state index contributed by atoms with van der Waals surface area (Å²) >= 11 is 0. The third kappa shape index (κ3) is 2.21. The average Bonchev–Trinajstić information content (AvgIpc) is 1.93. The lowest BCUT2D eigenvalue weighted by Gasteiger charge is -2.39. The Morgan fingerprint density at radius 1 is 1.38 bits per heavy atom. The average molecular weight is 197 g/mol. The molecule has 1 N–H and O–H groups in total. The second kappa shape index (κ2) is 3.29. The second-order valence-corrected chi connectivity index (χ2v) is 10.4. The van der Waals surface area contributed by atoms with Crippen molar-refractivity contribution in [2.75, 3.05) is 0 Å². The van der Waals surface area contributed by atoms with Crippen LogP contribution in [0, 0.1) is 5.92 Å². The first kappa shape index (κ1) is 10.5. The molecule has 0 bridgehead atoms. The predicted octanol–water partition coefficient (Wildman–Crippen LogP) is 1.94. The van der Waals surface area contributed by atoms with Crippen molar-refractivity contribution in [1.29, 1.82) is 0 Å². The van der Waals surface area contributed by atoms with Crippen molar-refractivity contribution in [3.8, 4) is 0 Å². The molecule has 0 aromatic heterocycles. The monoisotopic (exact) mass is 197 g/mol. The van der Waals surface area contributed by atoms with E-state index in [1.807, 2.05) is 0 Å². The van der Waals surface area contributed by atoms with E-state index in [1.54, 1.807) is 0 Å². The molecule has 1 unspecified atom stereocenters. The molecule has 2 nitrogen and oxygen atoms in total. The number of allylic oxidation sites excluding steroid dienone is 1. The quantitative estimate of drug-likeness (QED) is 0.409. The van der Waals surface area contributed by atoms with Crippen molar-refractivity contribution in [2.45, 2.75) is 39.2 Å². The summed E-state index contributed by atoms with van der Waals surface area (Å²) in [6.45, 7) is 11.1. The third-order valence-electron chi connectivity index (χ3n) is 2.23. The molecule has 0 saturated carbocycles. The van der Waals surface area contributed by atoms with Crippen LogP contribution in [0.4, 0.5) is 0 Å². The van der Waals surface area contributed by atoms with E-state index >= 15 is 0 Å². The number of hydrogen-bond donors (Lipinski definition) is 1. The molecule has 0 spiro atoms. The molecule has 0 aromatic carbocycles. The topological polar surface area (TPSA) is 29.1 Å². The summed E-state index contributed by atoms with van der Waals surface area (Å²) in [5, 5.41) is 2.99. The Bertz CT molecular complexity index is 250. The molecule has 74 valence electrons. The smallest absolute Gasteiger partial charge is 0.248 e. The van der Waals surface area contributed by atoms with Gasteiger partial charge in [-0.1, -0.05) is 39.6 Å². The molecule has 1 rings (SSSR count). The molecule has 1 atom stereocenters. The minimum absolute atomic E-state index is 0.140. The fraction of sp³-hybridized carbons (Fsp3) is 0.700. The molecule has 1 saturated heterocycles. The van der Waals surface area contributed by atoms with Crippen molar-refractivity contribution in [3.63, 3.8) is 0 Å². The number of β-lactam (4-membered cyclic amide) rings is 1. The summed E-state index contributed by atoms with van der Waals surface area (Å²) in [5.74, 6) is 0.612. The first-order valence-corrected chi connectivity index (χ1v) is 8.42. The molecule has 0 aliphatic carbocycles. The van der Waals surface area contributed by atoms with Gasteiger partial charge in [0.05, 0.1) is 13.7 Å². The van der Waals surface area contributed by atoms with Crippen molar-refractivity contribution < 1.29 is 4.79 Å². The van der Waals surface area contributed by atoms with Crippen LogP contribution < -0.4 is 5.32 Å². The second-order valence-electron chi connectivity index (χ2n) is 5.14. The highest BCUT2D eigenvalue weighted by atomic mass is 28.3. The van der Waals surface area contributed by atoms with Gasteiger partial charge < -0.3 is 5.32 Å². The number of hydrogen-bond acceptors (Lipinski definition) is 1. The zero-order valence-corrected chi connectivity index (χ0v) is 10.1. The maximum atomic E-state index is 11.3. The first-order chi connectivity index (χ1) is 5.82. The summed E-state index contributed by atoms with van der Waals surface area (Å²) < 4.78 is 0. The minimum atomic E-state index is -1.25. The number of carbonyl (C=O) groups excluding carboxylic acids is 1. The molecular weight excluding hydrogens is 178 g/mol. The van der Waals surface area contributed by atoms with Crippen molar-refractivity contribution in [1.82, 2.24) is 5.32 Å². The Kier molecular flexibility index (Phi) is 2.66. The van der Waals surface area contributed by atoms with Gasteiger partial charge in [0.2, 0.25) is 5.91 Å². The van der Waals surface area contributed by atoms with Crippen molar-refractivity contribution >= 4 is 14.0 Å². The van der Waals surface area contributed by atoms with E-state index in [0.717, 1.165) is 5.57 Å². The lowest BCUT2D eigenvalue weighted by Crippen LogP contribution is -2.63. The number of rotatable bonds is 2. The summed E-state index contributed by atoms with van der Waals surface area (Å²) in [5.41, 5.74) is 1.40. The SMILES string of the molecule is CC(C)/C=C1\C(=O)NC1[Si](C)(C)C. The van der Waals surface area contributed by atoms with Crippen LogP contribution in [-0.2, 0) is 4.79 Å². The van der Waals surface area contributed by atoms with E-state index in [9.17, 15) is 4.79 Å². The lowest BCUT2D eigenvalue weighted by atomic mass is 10.0. The van der Waals surface area contributed by atoms with Crippen LogP contribution in [0.15, 0.2) is 11.6 Å².